The Morgan fingerprint density at radius 1 is 1.30 bits per heavy atom. The van der Waals surface area contributed by atoms with E-state index in [2.05, 4.69) is 5.32 Å². The molecular formula is C14H19F3N2O. The highest BCUT2D eigenvalue weighted by Crippen LogP contribution is 2.29. The van der Waals surface area contributed by atoms with Crippen LogP contribution in [0.4, 0.5) is 13.2 Å². The van der Waals surface area contributed by atoms with Crippen LogP contribution >= 0.6 is 0 Å². The van der Waals surface area contributed by atoms with Gasteiger partial charge in [-0.3, -0.25) is 4.79 Å². The first-order valence-corrected chi connectivity index (χ1v) is 6.41. The van der Waals surface area contributed by atoms with Gasteiger partial charge >= 0.3 is 6.18 Å². The highest BCUT2D eigenvalue weighted by Gasteiger charge is 2.54. The van der Waals surface area contributed by atoms with Gasteiger partial charge in [0.25, 0.3) is 0 Å². The molecule has 2 atom stereocenters. The molecular weight excluding hydrogens is 269 g/mol. The Labute approximate surface area is 116 Å². The molecule has 0 spiro atoms. The number of halogens is 3. The average molecular weight is 288 g/mol. The minimum Gasteiger partial charge on any atom is -0.347 e. The summed E-state index contributed by atoms with van der Waals surface area (Å²) in [5, 5.41) is 2.40. The average Bonchev–Trinajstić information content (AvgIpc) is 2.37. The molecule has 0 aliphatic rings. The third-order valence-electron chi connectivity index (χ3n) is 3.15. The minimum atomic E-state index is -4.79. The van der Waals surface area contributed by atoms with Gasteiger partial charge in [-0.1, -0.05) is 43.7 Å². The van der Waals surface area contributed by atoms with Crippen LogP contribution < -0.4 is 11.1 Å². The summed E-state index contributed by atoms with van der Waals surface area (Å²) in [6.45, 7) is 2.57. The topological polar surface area (TPSA) is 55.1 Å². The molecule has 3 N–H and O–H groups in total. The van der Waals surface area contributed by atoms with Gasteiger partial charge in [0.15, 0.2) is 5.54 Å². The summed E-state index contributed by atoms with van der Waals surface area (Å²) < 4.78 is 38.2. The van der Waals surface area contributed by atoms with Gasteiger partial charge < -0.3 is 11.1 Å². The van der Waals surface area contributed by atoms with E-state index in [1.165, 1.54) is 0 Å². The van der Waals surface area contributed by atoms with Crippen molar-refractivity contribution >= 4 is 5.91 Å². The van der Waals surface area contributed by atoms with E-state index < -0.39 is 23.7 Å². The number of hydrogen-bond acceptors (Lipinski definition) is 2. The molecule has 112 valence electrons. The summed E-state index contributed by atoms with van der Waals surface area (Å²) in [6, 6.07) is 8.41. The van der Waals surface area contributed by atoms with Gasteiger partial charge in [-0.15, -0.1) is 0 Å². The lowest BCUT2D eigenvalue weighted by atomic mass is 9.98. The molecule has 1 rings (SSSR count). The van der Waals surface area contributed by atoms with Crippen LogP contribution in [0.3, 0.4) is 0 Å². The molecule has 3 nitrogen and oxygen atoms in total. The minimum absolute atomic E-state index is 0.473. The van der Waals surface area contributed by atoms with Crippen LogP contribution in [-0.2, 0) is 4.79 Å². The zero-order valence-corrected chi connectivity index (χ0v) is 11.5. The molecule has 0 aliphatic carbocycles. The maximum absolute atomic E-state index is 12.7. The van der Waals surface area contributed by atoms with Crippen molar-refractivity contribution in [1.82, 2.24) is 5.32 Å². The van der Waals surface area contributed by atoms with Gasteiger partial charge in [-0.05, 0) is 18.9 Å². The summed E-state index contributed by atoms with van der Waals surface area (Å²) in [6.07, 6.45) is -3.51. The second-order valence-electron chi connectivity index (χ2n) is 4.93. The van der Waals surface area contributed by atoms with Crippen molar-refractivity contribution in [3.05, 3.63) is 35.9 Å². The Morgan fingerprint density at radius 3 is 2.30 bits per heavy atom. The Morgan fingerprint density at radius 2 is 1.85 bits per heavy atom. The predicted octanol–water partition coefficient (Wildman–Crippen LogP) is 2.92. The summed E-state index contributed by atoms with van der Waals surface area (Å²) in [7, 11) is 0. The lowest BCUT2D eigenvalue weighted by Crippen LogP contribution is -2.61. The highest BCUT2D eigenvalue weighted by atomic mass is 19.4. The Balaban J connectivity index is 2.90. The second kappa shape index (κ2) is 6.26. The van der Waals surface area contributed by atoms with Crippen LogP contribution in [0.2, 0.25) is 0 Å². The molecule has 0 radical (unpaired) electrons. The summed E-state index contributed by atoms with van der Waals surface area (Å²) in [5.74, 6) is -1.22. The molecule has 0 fully saturated rings. The maximum atomic E-state index is 12.7. The molecule has 1 amide bonds. The van der Waals surface area contributed by atoms with Crippen LogP contribution in [0, 0.1) is 0 Å². The fraction of sp³-hybridized carbons (Fsp3) is 0.500. The van der Waals surface area contributed by atoms with Crippen molar-refractivity contribution in [2.75, 3.05) is 0 Å². The molecule has 1 aromatic rings. The fourth-order valence-corrected chi connectivity index (χ4v) is 1.73. The summed E-state index contributed by atoms with van der Waals surface area (Å²) >= 11 is 0. The fourth-order valence-electron chi connectivity index (χ4n) is 1.73. The van der Waals surface area contributed by atoms with Crippen molar-refractivity contribution in [1.29, 1.82) is 0 Å². The SMILES string of the molecule is CCCC(NC(=O)C(C)(N)C(F)(F)F)c1ccccc1. The van der Waals surface area contributed by atoms with E-state index in [1.807, 2.05) is 6.92 Å². The zero-order valence-electron chi connectivity index (χ0n) is 11.5. The molecule has 0 heterocycles. The molecule has 6 heteroatoms. The van der Waals surface area contributed by atoms with Gasteiger partial charge in [0.1, 0.15) is 0 Å². The van der Waals surface area contributed by atoms with E-state index in [0.717, 1.165) is 12.0 Å². The first-order valence-electron chi connectivity index (χ1n) is 6.41. The van der Waals surface area contributed by atoms with Crippen LogP contribution in [0.1, 0.15) is 38.3 Å². The van der Waals surface area contributed by atoms with Crippen molar-refractivity contribution in [3.8, 4) is 0 Å². The predicted molar refractivity (Wildman–Crippen MR) is 70.9 cm³/mol. The molecule has 0 aliphatic heterocycles. The number of nitrogens with one attached hydrogen (secondary N) is 1. The highest BCUT2D eigenvalue weighted by molar-refractivity contribution is 5.87. The quantitative estimate of drug-likeness (QED) is 0.875. The number of benzene rings is 1. The molecule has 2 unspecified atom stereocenters. The third-order valence-corrected chi connectivity index (χ3v) is 3.15. The van der Waals surface area contributed by atoms with Crippen molar-refractivity contribution in [2.45, 2.75) is 44.4 Å². The zero-order chi connectivity index (χ0) is 15.4. The number of carbonyl (C=O) groups is 1. The number of amides is 1. The van der Waals surface area contributed by atoms with E-state index in [9.17, 15) is 18.0 Å². The molecule has 0 aromatic heterocycles. The van der Waals surface area contributed by atoms with Crippen molar-refractivity contribution in [2.24, 2.45) is 5.73 Å². The lowest BCUT2D eigenvalue weighted by molar-refractivity contribution is -0.187. The molecule has 0 saturated heterocycles. The van der Waals surface area contributed by atoms with Gasteiger partial charge in [-0.25, -0.2) is 0 Å². The van der Waals surface area contributed by atoms with Gasteiger partial charge in [-0.2, -0.15) is 13.2 Å². The number of hydrogen-bond donors (Lipinski definition) is 2. The molecule has 0 bridgehead atoms. The summed E-state index contributed by atoms with van der Waals surface area (Å²) in [4.78, 5) is 11.8. The van der Waals surface area contributed by atoms with E-state index in [1.54, 1.807) is 30.3 Å². The Hall–Kier alpha value is -1.56. The van der Waals surface area contributed by atoms with E-state index in [0.29, 0.717) is 13.3 Å². The van der Waals surface area contributed by atoms with E-state index in [-0.39, 0.29) is 0 Å². The largest absolute Gasteiger partial charge is 0.415 e. The van der Waals surface area contributed by atoms with Gasteiger partial charge in [0, 0.05) is 0 Å². The number of alkyl halides is 3. The van der Waals surface area contributed by atoms with Crippen molar-refractivity contribution in [3.63, 3.8) is 0 Å². The standard InChI is InChI=1S/C14H19F3N2O/c1-3-7-11(10-8-5-4-6-9-10)19-12(20)13(2,18)14(15,16)17/h4-6,8-9,11H,3,7,18H2,1-2H3,(H,19,20). The smallest absolute Gasteiger partial charge is 0.347 e. The monoisotopic (exact) mass is 288 g/mol. The molecule has 20 heavy (non-hydrogen) atoms. The number of rotatable bonds is 5. The molecule has 0 saturated carbocycles. The van der Waals surface area contributed by atoms with E-state index in [4.69, 9.17) is 5.73 Å². The Kier molecular flexibility index (Phi) is 5.16. The first kappa shape index (κ1) is 16.5. The maximum Gasteiger partial charge on any atom is 0.415 e. The van der Waals surface area contributed by atoms with Crippen LogP contribution in [-0.4, -0.2) is 17.6 Å². The van der Waals surface area contributed by atoms with Crippen molar-refractivity contribution < 1.29 is 18.0 Å². The third kappa shape index (κ3) is 3.72. The number of carbonyl (C=O) groups excluding carboxylic acids is 1. The van der Waals surface area contributed by atoms with E-state index >= 15 is 0 Å². The molecule has 1 aromatic carbocycles. The second-order valence-corrected chi connectivity index (χ2v) is 4.93. The van der Waals surface area contributed by atoms with Crippen LogP contribution in [0.25, 0.3) is 0 Å². The Bertz CT molecular complexity index is 443. The summed E-state index contributed by atoms with van der Waals surface area (Å²) in [5.41, 5.74) is 2.99. The van der Waals surface area contributed by atoms with Crippen LogP contribution in [0.5, 0.6) is 0 Å². The first-order chi connectivity index (χ1) is 9.20. The number of nitrogens with two attached hydrogens (primary N) is 1. The van der Waals surface area contributed by atoms with Gasteiger partial charge in [0.2, 0.25) is 5.91 Å². The van der Waals surface area contributed by atoms with Gasteiger partial charge in [0.05, 0.1) is 6.04 Å². The normalized spacial score (nSPS) is 16.3. The van der Waals surface area contributed by atoms with Crippen LogP contribution in [0.15, 0.2) is 30.3 Å². The lowest BCUT2D eigenvalue weighted by Gasteiger charge is -2.29.